The first kappa shape index (κ1) is 18.0. The summed E-state index contributed by atoms with van der Waals surface area (Å²) in [5.41, 5.74) is 6.42. The summed E-state index contributed by atoms with van der Waals surface area (Å²) in [6.07, 6.45) is 0. The minimum absolute atomic E-state index is 1.27. The fourth-order valence-electron chi connectivity index (χ4n) is 5.30. The monoisotopic (exact) mass is 455 g/mol. The Kier molecular flexibility index (Phi) is 3.54. The molecule has 0 amide bonds. The first-order chi connectivity index (χ1) is 16.3. The summed E-state index contributed by atoms with van der Waals surface area (Å²) < 4.78 is 5.15. The molecule has 0 aliphatic carbocycles. The summed E-state index contributed by atoms with van der Waals surface area (Å²) >= 11 is 3.75. The maximum absolute atomic E-state index is 2.45. The van der Waals surface area contributed by atoms with Crippen LogP contribution in [-0.2, 0) is 0 Å². The second kappa shape index (κ2) is 6.50. The number of rotatable bonds is 1. The highest BCUT2D eigenvalue weighted by molar-refractivity contribution is 7.99. The molecule has 154 valence electrons. The average Bonchev–Trinajstić information content (AvgIpc) is 3.41. The molecule has 7 aromatic rings. The number of hydrogen-bond acceptors (Lipinski definition) is 2. The molecule has 0 fully saturated rings. The SMILES string of the molecule is c1ccc2c(c1)Sc1cccc3c4cc(-c5ccc6sc7ccccc7c6c5)ccc4n-2c13. The van der Waals surface area contributed by atoms with Gasteiger partial charge in [0.05, 0.1) is 16.7 Å². The third-order valence-electron chi connectivity index (χ3n) is 6.79. The Morgan fingerprint density at radius 2 is 1.24 bits per heavy atom. The molecular formula is C30H17NS2. The first-order valence-corrected chi connectivity index (χ1v) is 12.7. The summed E-state index contributed by atoms with van der Waals surface area (Å²) in [6, 6.07) is 38.0. The van der Waals surface area contributed by atoms with Gasteiger partial charge in [-0.3, -0.25) is 0 Å². The molecule has 1 aliphatic rings. The molecule has 0 radical (unpaired) electrons. The van der Waals surface area contributed by atoms with Crippen molar-refractivity contribution >= 4 is 65.1 Å². The second-order valence-corrected chi connectivity index (χ2v) is 10.8. The van der Waals surface area contributed by atoms with E-state index in [4.69, 9.17) is 0 Å². The lowest BCUT2D eigenvalue weighted by molar-refractivity contribution is 1.09. The second-order valence-electron chi connectivity index (χ2n) is 8.60. The molecule has 8 rings (SSSR count). The molecule has 33 heavy (non-hydrogen) atoms. The predicted molar refractivity (Wildman–Crippen MR) is 143 cm³/mol. The van der Waals surface area contributed by atoms with Gasteiger partial charge in [-0.25, -0.2) is 0 Å². The van der Waals surface area contributed by atoms with Gasteiger partial charge in [0.2, 0.25) is 0 Å². The van der Waals surface area contributed by atoms with Crippen molar-refractivity contribution in [3.8, 4) is 16.8 Å². The van der Waals surface area contributed by atoms with Crippen molar-refractivity contribution in [3.05, 3.63) is 103 Å². The molecule has 0 saturated carbocycles. The van der Waals surface area contributed by atoms with Crippen LogP contribution in [-0.4, -0.2) is 4.57 Å². The summed E-state index contributed by atoms with van der Waals surface area (Å²) in [4.78, 5) is 2.64. The normalized spacial score (nSPS) is 12.7. The van der Waals surface area contributed by atoms with E-state index in [0.717, 1.165) is 0 Å². The van der Waals surface area contributed by atoms with Crippen molar-refractivity contribution in [2.24, 2.45) is 0 Å². The zero-order valence-electron chi connectivity index (χ0n) is 17.6. The third-order valence-corrected chi connectivity index (χ3v) is 9.05. The smallest absolute Gasteiger partial charge is 0.0681 e. The molecule has 1 nitrogen and oxygen atoms in total. The molecule has 0 unspecified atom stereocenters. The quantitative estimate of drug-likeness (QED) is 0.239. The van der Waals surface area contributed by atoms with Crippen molar-refractivity contribution in [2.75, 3.05) is 0 Å². The van der Waals surface area contributed by atoms with E-state index >= 15 is 0 Å². The molecule has 2 aromatic heterocycles. The van der Waals surface area contributed by atoms with E-state index in [0.29, 0.717) is 0 Å². The highest BCUT2D eigenvalue weighted by atomic mass is 32.2. The zero-order chi connectivity index (χ0) is 21.5. The van der Waals surface area contributed by atoms with Crippen LogP contribution < -0.4 is 0 Å². The average molecular weight is 456 g/mol. The molecule has 0 bridgehead atoms. The van der Waals surface area contributed by atoms with Crippen molar-refractivity contribution in [1.29, 1.82) is 0 Å². The minimum Gasteiger partial charge on any atom is -0.307 e. The van der Waals surface area contributed by atoms with E-state index < -0.39 is 0 Å². The first-order valence-electron chi connectivity index (χ1n) is 11.1. The van der Waals surface area contributed by atoms with Gasteiger partial charge >= 0.3 is 0 Å². The van der Waals surface area contributed by atoms with Gasteiger partial charge in [0.1, 0.15) is 0 Å². The van der Waals surface area contributed by atoms with E-state index in [9.17, 15) is 0 Å². The van der Waals surface area contributed by atoms with Crippen LogP contribution in [0.1, 0.15) is 0 Å². The van der Waals surface area contributed by atoms with Crippen molar-refractivity contribution in [1.82, 2.24) is 4.57 Å². The predicted octanol–water partition coefficient (Wildman–Crippen LogP) is 9.28. The largest absolute Gasteiger partial charge is 0.307 e. The lowest BCUT2D eigenvalue weighted by atomic mass is 10.0. The van der Waals surface area contributed by atoms with E-state index in [-0.39, 0.29) is 0 Å². The van der Waals surface area contributed by atoms with Crippen LogP contribution in [0.5, 0.6) is 0 Å². The molecule has 0 saturated heterocycles. The number of nitrogens with zero attached hydrogens (tertiary/aromatic N) is 1. The van der Waals surface area contributed by atoms with E-state index in [1.54, 1.807) is 0 Å². The van der Waals surface area contributed by atoms with Gasteiger partial charge < -0.3 is 4.57 Å². The molecule has 0 N–H and O–H groups in total. The molecule has 0 atom stereocenters. The fraction of sp³-hybridized carbons (Fsp3) is 0. The number of thiophene rings is 1. The Labute approximate surface area is 198 Å². The Morgan fingerprint density at radius 3 is 2.21 bits per heavy atom. The van der Waals surface area contributed by atoms with Gasteiger partial charge in [0, 0.05) is 40.7 Å². The van der Waals surface area contributed by atoms with Crippen LogP contribution in [0.4, 0.5) is 0 Å². The lowest BCUT2D eigenvalue weighted by Crippen LogP contribution is -2.00. The summed E-state index contributed by atoms with van der Waals surface area (Å²) in [5.74, 6) is 0. The summed E-state index contributed by atoms with van der Waals surface area (Å²) in [7, 11) is 0. The fourth-order valence-corrected chi connectivity index (χ4v) is 7.48. The zero-order valence-corrected chi connectivity index (χ0v) is 19.2. The summed E-state index contributed by atoms with van der Waals surface area (Å²) in [6.45, 7) is 0. The molecular weight excluding hydrogens is 438 g/mol. The van der Waals surface area contributed by atoms with Gasteiger partial charge in [-0.15, -0.1) is 11.3 Å². The van der Waals surface area contributed by atoms with Crippen LogP contribution in [0, 0.1) is 0 Å². The molecule has 0 spiro atoms. The number of para-hydroxylation sites is 2. The molecule has 3 heteroatoms. The number of aromatic nitrogens is 1. The van der Waals surface area contributed by atoms with Crippen LogP contribution in [0.25, 0.3) is 58.8 Å². The van der Waals surface area contributed by atoms with Gasteiger partial charge in [-0.1, -0.05) is 66.4 Å². The van der Waals surface area contributed by atoms with E-state index in [1.807, 2.05) is 23.1 Å². The topological polar surface area (TPSA) is 4.93 Å². The van der Waals surface area contributed by atoms with E-state index in [2.05, 4.69) is 108 Å². The van der Waals surface area contributed by atoms with Crippen LogP contribution >= 0.6 is 23.1 Å². The van der Waals surface area contributed by atoms with E-state index in [1.165, 1.54) is 68.6 Å². The number of hydrogen-bond donors (Lipinski definition) is 0. The van der Waals surface area contributed by atoms with Crippen LogP contribution in [0.3, 0.4) is 0 Å². The minimum atomic E-state index is 1.27. The highest BCUT2D eigenvalue weighted by Crippen LogP contribution is 2.47. The maximum atomic E-state index is 2.45. The Balaban J connectivity index is 1.41. The van der Waals surface area contributed by atoms with Gasteiger partial charge in [-0.2, -0.15) is 0 Å². The molecule has 5 aromatic carbocycles. The van der Waals surface area contributed by atoms with Crippen LogP contribution in [0.2, 0.25) is 0 Å². The van der Waals surface area contributed by atoms with Crippen molar-refractivity contribution < 1.29 is 0 Å². The van der Waals surface area contributed by atoms with Crippen molar-refractivity contribution in [2.45, 2.75) is 9.79 Å². The lowest BCUT2D eigenvalue weighted by Gasteiger charge is -2.19. The van der Waals surface area contributed by atoms with Gasteiger partial charge in [-0.05, 0) is 59.7 Å². The molecule has 3 heterocycles. The Morgan fingerprint density at radius 1 is 0.515 bits per heavy atom. The Hall–Kier alpha value is -3.53. The van der Waals surface area contributed by atoms with Gasteiger partial charge in [0.25, 0.3) is 0 Å². The standard InChI is InChI=1S/C30H17NS2/c1-3-9-26-20(6-1)23-17-19(13-15-27(23)32-26)18-12-14-24-22(16-18)21-7-5-11-29-30(21)31(24)25-8-2-4-10-28(25)33-29/h1-17H. The molecule has 1 aliphatic heterocycles. The third kappa shape index (κ3) is 2.44. The van der Waals surface area contributed by atoms with Gasteiger partial charge in [0.15, 0.2) is 0 Å². The van der Waals surface area contributed by atoms with Crippen LogP contribution in [0.15, 0.2) is 113 Å². The number of fused-ring (bicyclic) bond motifs is 8. The maximum Gasteiger partial charge on any atom is 0.0681 e. The highest BCUT2D eigenvalue weighted by Gasteiger charge is 2.22. The summed E-state index contributed by atoms with van der Waals surface area (Å²) in [5, 5.41) is 5.34. The number of benzene rings is 5. The Bertz CT molecular complexity index is 1900. The van der Waals surface area contributed by atoms with Crippen molar-refractivity contribution in [3.63, 3.8) is 0 Å².